The molecule has 0 radical (unpaired) electrons. The molecule has 0 aliphatic carbocycles. The molecule has 0 heterocycles. The van der Waals surface area contributed by atoms with Crippen molar-refractivity contribution in [2.24, 2.45) is 0 Å². The van der Waals surface area contributed by atoms with Gasteiger partial charge in [-0.15, -0.1) is 0 Å². The third-order valence-corrected chi connectivity index (χ3v) is 16.3. The Balaban J connectivity index is 4.18. The first-order valence-electron chi connectivity index (χ1n) is 38.7. The highest BCUT2D eigenvalue weighted by atomic mass is 31.2. The van der Waals surface area contributed by atoms with Crippen molar-refractivity contribution in [2.75, 3.05) is 47.5 Å². The van der Waals surface area contributed by atoms with E-state index in [-0.39, 0.29) is 26.1 Å². The summed E-state index contributed by atoms with van der Waals surface area (Å²) in [7, 11) is 1.11. The number of hydrogen-bond donors (Lipinski definition) is 0. The van der Waals surface area contributed by atoms with E-state index in [9.17, 15) is 19.0 Å². The number of carbonyl (C=O) groups is 2. The van der Waals surface area contributed by atoms with Gasteiger partial charge in [-0.05, 0) is 167 Å². The molecule has 0 amide bonds. The van der Waals surface area contributed by atoms with Crippen molar-refractivity contribution in [1.29, 1.82) is 0 Å². The van der Waals surface area contributed by atoms with Crippen LogP contribution in [0.2, 0.25) is 0 Å². The van der Waals surface area contributed by atoms with Crippen molar-refractivity contribution in [2.45, 2.75) is 264 Å². The molecule has 10 heteroatoms. The zero-order chi connectivity index (χ0) is 72.5. The van der Waals surface area contributed by atoms with Crippen LogP contribution < -0.4 is 4.89 Å². The summed E-state index contributed by atoms with van der Waals surface area (Å²) in [6.45, 7) is 3.95. The third kappa shape index (κ3) is 80.8. The van der Waals surface area contributed by atoms with Crippen LogP contribution in [0.15, 0.2) is 243 Å². The molecule has 9 nitrogen and oxygen atoms in total. The minimum Gasteiger partial charge on any atom is -0.756 e. The van der Waals surface area contributed by atoms with Gasteiger partial charge in [0, 0.05) is 12.8 Å². The van der Waals surface area contributed by atoms with Crippen LogP contribution in [0.5, 0.6) is 0 Å². The fourth-order valence-electron chi connectivity index (χ4n) is 9.54. The number of esters is 2. The maximum atomic E-state index is 12.9. The standard InChI is InChI=1S/C90H140NO8P/c1-6-8-10-12-14-16-18-20-22-24-26-28-30-32-34-36-38-40-42-44-45-47-49-51-53-55-57-59-61-63-65-67-69-71-73-75-77-79-81-83-90(93)99-88(87-98-100(94,95)97-85-84-91(3,4)5)86-96-89(92)82-80-78-76-74-72-70-68-66-64-62-60-58-56-54-52-50-48-46-43-41-39-37-35-33-31-29-27-25-23-21-19-17-15-13-11-9-7-2/h8-11,14-17,20-23,26-29,32-35,38-41,44-46,48-49,51-52,54-55,57-58,60-61,63,67,69,88H,6-7,12-13,18-19,24-25,30-31,36-37,42-43,47,50,53,56,59,62,64-66,68,70-87H2,1-5H3/b10-8-,11-9-,16-14-,17-15-,22-20-,23-21-,28-26-,29-27-,34-32-,35-33-,40-38-,41-39-,45-44-,48-46-,51-49-,54-52-,57-55-,60-58-,63-61-,69-67-. The molecule has 0 spiro atoms. The van der Waals surface area contributed by atoms with E-state index in [1.165, 1.54) is 32.1 Å². The lowest BCUT2D eigenvalue weighted by molar-refractivity contribution is -0.870. The molecule has 0 rings (SSSR count). The number of ether oxygens (including phenoxy) is 2. The quantitative estimate of drug-likeness (QED) is 0.0195. The number of rotatable bonds is 68. The Morgan fingerprint density at radius 1 is 0.310 bits per heavy atom. The molecule has 2 atom stereocenters. The van der Waals surface area contributed by atoms with Gasteiger partial charge in [0.25, 0.3) is 7.82 Å². The van der Waals surface area contributed by atoms with Gasteiger partial charge in [-0.3, -0.25) is 14.2 Å². The molecule has 0 fully saturated rings. The summed E-state index contributed by atoms with van der Waals surface area (Å²) in [5, 5.41) is 0. The smallest absolute Gasteiger partial charge is 0.306 e. The summed E-state index contributed by atoms with van der Waals surface area (Å²) in [6.07, 6.45) is 125. The van der Waals surface area contributed by atoms with Gasteiger partial charge in [0.05, 0.1) is 27.7 Å². The van der Waals surface area contributed by atoms with Crippen LogP contribution in [0, 0.1) is 0 Å². The van der Waals surface area contributed by atoms with E-state index in [1.54, 1.807) is 0 Å². The van der Waals surface area contributed by atoms with Gasteiger partial charge in [-0.2, -0.15) is 0 Å². The summed E-state index contributed by atoms with van der Waals surface area (Å²) in [6, 6.07) is 0. The highest BCUT2D eigenvalue weighted by molar-refractivity contribution is 7.45. The maximum absolute atomic E-state index is 12.9. The van der Waals surface area contributed by atoms with Crippen molar-refractivity contribution in [3.05, 3.63) is 243 Å². The Labute approximate surface area is 613 Å². The molecule has 0 aromatic rings. The topological polar surface area (TPSA) is 111 Å². The number of phosphoric acid groups is 1. The van der Waals surface area contributed by atoms with Crippen molar-refractivity contribution in [3.8, 4) is 0 Å². The maximum Gasteiger partial charge on any atom is 0.306 e. The largest absolute Gasteiger partial charge is 0.756 e. The molecule has 0 N–H and O–H groups in total. The normalized spacial score (nSPS) is 14.4. The Morgan fingerprint density at radius 2 is 0.540 bits per heavy atom. The molecule has 0 bridgehead atoms. The van der Waals surface area contributed by atoms with Crippen molar-refractivity contribution < 1.29 is 42.1 Å². The van der Waals surface area contributed by atoms with Crippen LogP contribution in [0.25, 0.3) is 0 Å². The highest BCUT2D eigenvalue weighted by Gasteiger charge is 2.22. The molecular formula is C90H140NO8P. The molecule has 0 aromatic heterocycles. The lowest BCUT2D eigenvalue weighted by atomic mass is 10.1. The molecule has 0 saturated heterocycles. The summed E-state index contributed by atoms with van der Waals surface area (Å²) in [5.41, 5.74) is 0. The number of likely N-dealkylation sites (N-methyl/N-ethyl adjacent to an activating group) is 1. The average molecular weight is 1400 g/mol. The van der Waals surface area contributed by atoms with Crippen LogP contribution in [-0.2, 0) is 32.7 Å². The van der Waals surface area contributed by atoms with E-state index in [0.29, 0.717) is 23.9 Å². The minimum atomic E-state index is -4.67. The molecular weight excluding hydrogens is 1250 g/mol. The predicted octanol–water partition coefficient (Wildman–Crippen LogP) is 25.6. The summed E-state index contributed by atoms with van der Waals surface area (Å²) >= 11 is 0. The first kappa shape index (κ1) is 93.8. The van der Waals surface area contributed by atoms with E-state index in [2.05, 4.69) is 257 Å². The van der Waals surface area contributed by atoms with E-state index < -0.39 is 32.5 Å². The van der Waals surface area contributed by atoms with Gasteiger partial charge in [-0.25, -0.2) is 0 Å². The van der Waals surface area contributed by atoms with Gasteiger partial charge in [0.2, 0.25) is 0 Å². The van der Waals surface area contributed by atoms with E-state index >= 15 is 0 Å². The van der Waals surface area contributed by atoms with E-state index in [4.69, 9.17) is 18.5 Å². The number of nitrogens with zero attached hydrogens (tertiary/aromatic N) is 1. The van der Waals surface area contributed by atoms with Gasteiger partial charge in [-0.1, -0.05) is 321 Å². The number of unbranched alkanes of at least 4 members (excludes halogenated alkanes) is 14. The third-order valence-electron chi connectivity index (χ3n) is 15.4. The zero-order valence-corrected chi connectivity index (χ0v) is 64.4. The summed E-state index contributed by atoms with van der Waals surface area (Å²) < 4.78 is 34.3. The average Bonchev–Trinajstić information content (AvgIpc) is 1.07. The fourth-order valence-corrected chi connectivity index (χ4v) is 10.3. The highest BCUT2D eigenvalue weighted by Crippen LogP contribution is 2.38. The second kappa shape index (κ2) is 77.0. The number of phosphoric ester groups is 1. The van der Waals surface area contributed by atoms with Crippen molar-refractivity contribution in [3.63, 3.8) is 0 Å². The van der Waals surface area contributed by atoms with Gasteiger partial charge >= 0.3 is 11.9 Å². The summed E-state index contributed by atoms with van der Waals surface area (Å²) in [5.74, 6) is -0.880. The Hall–Kier alpha value is -6.19. The fraction of sp³-hybridized carbons (Fsp3) is 0.533. The molecule has 0 aromatic carbocycles. The second-order valence-corrected chi connectivity index (χ2v) is 27.3. The van der Waals surface area contributed by atoms with Crippen LogP contribution in [-0.4, -0.2) is 70.0 Å². The van der Waals surface area contributed by atoms with Crippen molar-refractivity contribution >= 4 is 19.8 Å². The number of quaternary nitrogens is 1. The molecule has 0 saturated carbocycles. The monoisotopic (exact) mass is 1390 g/mol. The molecule has 2 unspecified atom stereocenters. The second-order valence-electron chi connectivity index (χ2n) is 25.9. The Morgan fingerprint density at radius 3 is 0.800 bits per heavy atom. The molecule has 558 valence electrons. The SMILES string of the molecule is CC/C=C\C/C=C\C/C=C\C/C=C\C/C=C\C/C=C\C/C=C\C/C=C\C/C=C\C/C=C\C/C=C\CCCCCCCC(=O)OC(COC(=O)CCCCCCCCCCC/C=C\C/C=C\C/C=C\C/C=C\C/C=C\C/C=C\C/C=C\C/C=C\C/C=C\CC)COP(=O)([O-])OCC[N+](C)(C)C. The number of hydrogen-bond acceptors (Lipinski definition) is 8. The summed E-state index contributed by atoms with van der Waals surface area (Å²) in [4.78, 5) is 38.2. The predicted molar refractivity (Wildman–Crippen MR) is 433 cm³/mol. The van der Waals surface area contributed by atoms with Gasteiger partial charge in [0.1, 0.15) is 19.8 Å². The number of allylic oxidation sites excluding steroid dienone is 40. The molecule has 0 aliphatic heterocycles. The van der Waals surface area contributed by atoms with E-state index in [0.717, 1.165) is 186 Å². The lowest BCUT2D eigenvalue weighted by Gasteiger charge is -2.28. The van der Waals surface area contributed by atoms with E-state index in [1.807, 2.05) is 21.1 Å². The van der Waals surface area contributed by atoms with Crippen LogP contribution in [0.4, 0.5) is 0 Å². The van der Waals surface area contributed by atoms with Gasteiger partial charge in [0.15, 0.2) is 6.10 Å². The zero-order valence-electron chi connectivity index (χ0n) is 63.5. The van der Waals surface area contributed by atoms with Gasteiger partial charge < -0.3 is 27.9 Å². The minimum absolute atomic E-state index is 0.0493. The lowest BCUT2D eigenvalue weighted by Crippen LogP contribution is -2.37. The van der Waals surface area contributed by atoms with Crippen LogP contribution >= 0.6 is 7.82 Å². The number of carbonyl (C=O) groups excluding carboxylic acids is 2. The molecule has 100 heavy (non-hydrogen) atoms. The Kier molecular flexibility index (Phi) is 72.2. The van der Waals surface area contributed by atoms with Crippen LogP contribution in [0.3, 0.4) is 0 Å². The Bertz CT molecular complexity index is 2600. The van der Waals surface area contributed by atoms with Crippen LogP contribution in [0.1, 0.15) is 258 Å². The molecule has 0 aliphatic rings. The first-order chi connectivity index (χ1) is 49.0. The van der Waals surface area contributed by atoms with Crippen molar-refractivity contribution in [1.82, 2.24) is 0 Å². The first-order valence-corrected chi connectivity index (χ1v) is 40.2.